The van der Waals surface area contributed by atoms with Crippen LogP contribution in [-0.4, -0.2) is 28.3 Å². The first-order valence-corrected chi connectivity index (χ1v) is 11.1. The molecule has 2 aliphatic rings. The number of hydrogen-bond donors (Lipinski definition) is 2. The third-order valence-corrected chi connectivity index (χ3v) is 7.29. The first-order chi connectivity index (χ1) is 15.0. The van der Waals surface area contributed by atoms with Gasteiger partial charge in [-0.15, -0.1) is 0 Å². The largest absolute Gasteiger partial charge is 0.508 e. The second kappa shape index (κ2) is 7.72. The van der Waals surface area contributed by atoms with E-state index in [0.717, 1.165) is 15.6 Å². The van der Waals surface area contributed by atoms with Crippen molar-refractivity contribution in [1.82, 2.24) is 0 Å². The molecular weight excluding hydrogens is 430 g/mol. The van der Waals surface area contributed by atoms with Crippen LogP contribution in [0.15, 0.2) is 92.6 Å². The summed E-state index contributed by atoms with van der Waals surface area (Å²) in [5.41, 5.74) is 2.30. The summed E-state index contributed by atoms with van der Waals surface area (Å²) in [7, 11) is 1.95. The van der Waals surface area contributed by atoms with Gasteiger partial charge in [-0.25, -0.2) is 4.99 Å². The highest BCUT2D eigenvalue weighted by atomic mass is 32.2. The Labute approximate surface area is 187 Å². The summed E-state index contributed by atoms with van der Waals surface area (Å²) in [5, 5.41) is 20.6. The number of anilines is 2. The average molecular weight is 448 g/mol. The van der Waals surface area contributed by atoms with Crippen molar-refractivity contribution >= 4 is 51.7 Å². The molecule has 2 N–H and O–H groups in total. The van der Waals surface area contributed by atoms with Gasteiger partial charge in [0.2, 0.25) is 0 Å². The number of phenolic OH excluding ortho intramolecular Hbond substituents is 2. The van der Waals surface area contributed by atoms with E-state index in [2.05, 4.69) is 4.99 Å². The molecular formula is C23H17N3O3S2. The van der Waals surface area contributed by atoms with Crippen LogP contribution >= 0.6 is 23.5 Å². The van der Waals surface area contributed by atoms with Gasteiger partial charge >= 0.3 is 0 Å². The molecule has 1 amide bonds. The summed E-state index contributed by atoms with van der Waals surface area (Å²) >= 11 is 2.88. The Bertz CT molecular complexity index is 1240. The fourth-order valence-electron chi connectivity index (χ4n) is 3.35. The zero-order chi connectivity index (χ0) is 21.5. The smallest absolute Gasteiger partial charge is 0.274 e. The first-order valence-electron chi connectivity index (χ1n) is 9.45. The number of benzene rings is 3. The molecule has 0 radical (unpaired) electrons. The topological polar surface area (TPSA) is 76.4 Å². The van der Waals surface area contributed by atoms with Crippen LogP contribution in [0.25, 0.3) is 0 Å². The minimum absolute atomic E-state index is 0.125. The molecule has 0 aromatic heterocycles. The van der Waals surface area contributed by atoms with Crippen molar-refractivity contribution in [1.29, 1.82) is 0 Å². The van der Waals surface area contributed by atoms with E-state index in [1.54, 1.807) is 65.2 Å². The molecule has 0 spiro atoms. The van der Waals surface area contributed by atoms with Crippen molar-refractivity contribution in [2.45, 2.75) is 4.90 Å². The number of thioether (sulfide) groups is 2. The normalized spacial score (nSPS) is 19.4. The van der Waals surface area contributed by atoms with Crippen LogP contribution in [0.5, 0.6) is 11.5 Å². The van der Waals surface area contributed by atoms with Crippen LogP contribution in [0.4, 0.5) is 17.1 Å². The Morgan fingerprint density at radius 3 is 2.16 bits per heavy atom. The second-order valence-corrected chi connectivity index (χ2v) is 8.94. The summed E-state index contributed by atoms with van der Waals surface area (Å²) < 4.78 is 0. The molecule has 154 valence electrons. The summed E-state index contributed by atoms with van der Waals surface area (Å²) in [6.45, 7) is 0. The standard InChI is InChI=1S/C23H17N3O3S2/c1-25-18-4-2-3-5-19(18)30-22(25)20-21(29)26(15-8-12-17(28)13-9-15)23(31-20)24-14-6-10-16(27)11-7-14/h2-13,27-28H,1H3/b22-20-,24-23?. The van der Waals surface area contributed by atoms with Crippen molar-refractivity contribution in [3.05, 3.63) is 82.7 Å². The zero-order valence-corrected chi connectivity index (χ0v) is 18.0. The predicted octanol–water partition coefficient (Wildman–Crippen LogP) is 5.28. The third kappa shape index (κ3) is 3.54. The van der Waals surface area contributed by atoms with Crippen LogP contribution < -0.4 is 9.80 Å². The van der Waals surface area contributed by atoms with E-state index in [1.165, 1.54) is 11.8 Å². The van der Waals surface area contributed by atoms with Crippen LogP contribution in [0.1, 0.15) is 0 Å². The molecule has 8 heteroatoms. The summed E-state index contributed by atoms with van der Waals surface area (Å²) in [4.78, 5) is 23.5. The summed E-state index contributed by atoms with van der Waals surface area (Å²) in [6.07, 6.45) is 0. The van der Waals surface area contributed by atoms with Crippen LogP contribution in [0.2, 0.25) is 0 Å². The highest BCUT2D eigenvalue weighted by Crippen LogP contribution is 2.50. The fraction of sp³-hybridized carbons (Fsp3) is 0.0435. The van der Waals surface area contributed by atoms with Gasteiger partial charge in [0, 0.05) is 11.9 Å². The van der Waals surface area contributed by atoms with Crippen LogP contribution in [-0.2, 0) is 4.79 Å². The lowest BCUT2D eigenvalue weighted by Gasteiger charge is -2.16. The number of aromatic hydroxyl groups is 2. The molecule has 0 atom stereocenters. The maximum absolute atomic E-state index is 13.6. The molecule has 31 heavy (non-hydrogen) atoms. The molecule has 1 fully saturated rings. The molecule has 0 saturated carbocycles. The molecule has 1 saturated heterocycles. The molecule has 0 bridgehead atoms. The van der Waals surface area contributed by atoms with E-state index < -0.39 is 0 Å². The van der Waals surface area contributed by atoms with E-state index in [-0.39, 0.29) is 17.4 Å². The fourth-order valence-corrected chi connectivity index (χ4v) is 5.69. The van der Waals surface area contributed by atoms with Gasteiger partial charge in [-0.2, -0.15) is 0 Å². The van der Waals surface area contributed by atoms with Crippen molar-refractivity contribution < 1.29 is 15.0 Å². The van der Waals surface area contributed by atoms with E-state index >= 15 is 0 Å². The number of carbonyl (C=O) groups is 1. The SMILES string of the molecule is CN1/C(=C2/SC(=Nc3ccc(O)cc3)N(c3ccc(O)cc3)C2=O)Sc2ccccc21. The number of amidine groups is 1. The van der Waals surface area contributed by atoms with Crippen molar-refractivity contribution in [2.24, 2.45) is 4.99 Å². The number of nitrogens with zero attached hydrogens (tertiary/aromatic N) is 3. The Balaban J connectivity index is 1.61. The zero-order valence-electron chi connectivity index (χ0n) is 16.4. The molecule has 3 aromatic carbocycles. The van der Waals surface area contributed by atoms with Crippen molar-refractivity contribution in [2.75, 3.05) is 16.8 Å². The monoisotopic (exact) mass is 447 g/mol. The molecule has 6 nitrogen and oxygen atoms in total. The minimum Gasteiger partial charge on any atom is -0.508 e. The molecule has 0 unspecified atom stereocenters. The van der Waals surface area contributed by atoms with Crippen molar-refractivity contribution in [3.8, 4) is 11.5 Å². The second-order valence-electron chi connectivity index (χ2n) is 6.93. The van der Waals surface area contributed by atoms with Crippen molar-refractivity contribution in [3.63, 3.8) is 0 Å². The maximum atomic E-state index is 13.6. The lowest BCUT2D eigenvalue weighted by molar-refractivity contribution is -0.113. The lowest BCUT2D eigenvalue weighted by atomic mass is 10.2. The quantitative estimate of drug-likeness (QED) is 0.521. The Morgan fingerprint density at radius 1 is 0.839 bits per heavy atom. The number of phenols is 2. The molecule has 5 rings (SSSR count). The van der Waals surface area contributed by atoms with Gasteiger partial charge in [0.15, 0.2) is 5.17 Å². The number of carbonyl (C=O) groups excluding carboxylic acids is 1. The molecule has 2 aliphatic heterocycles. The van der Waals surface area contributed by atoms with Gasteiger partial charge in [0.25, 0.3) is 5.91 Å². The van der Waals surface area contributed by atoms with Gasteiger partial charge in [0.1, 0.15) is 16.4 Å². The maximum Gasteiger partial charge on any atom is 0.274 e. The Kier molecular flexibility index (Phi) is 4.88. The molecule has 2 heterocycles. The van der Waals surface area contributed by atoms with E-state index in [1.807, 2.05) is 36.2 Å². The number of hydrogen-bond acceptors (Lipinski definition) is 7. The molecule has 3 aromatic rings. The molecule has 0 aliphatic carbocycles. The van der Waals surface area contributed by atoms with Gasteiger partial charge < -0.3 is 15.1 Å². The third-order valence-electron chi connectivity index (χ3n) is 4.90. The summed E-state index contributed by atoms with van der Waals surface area (Å²) in [6, 6.07) is 21.0. The highest BCUT2D eigenvalue weighted by Gasteiger charge is 2.40. The predicted molar refractivity (Wildman–Crippen MR) is 126 cm³/mol. The Hall–Kier alpha value is -3.36. The van der Waals surface area contributed by atoms with Gasteiger partial charge in [-0.1, -0.05) is 23.9 Å². The number of rotatable bonds is 2. The van der Waals surface area contributed by atoms with Crippen LogP contribution in [0, 0.1) is 0 Å². The van der Waals surface area contributed by atoms with E-state index in [0.29, 0.717) is 21.4 Å². The highest BCUT2D eigenvalue weighted by molar-refractivity contribution is 8.20. The van der Waals surface area contributed by atoms with Gasteiger partial charge in [-0.3, -0.25) is 9.69 Å². The number of para-hydroxylation sites is 1. The Morgan fingerprint density at radius 2 is 1.48 bits per heavy atom. The van der Waals surface area contributed by atoms with E-state index in [9.17, 15) is 15.0 Å². The number of aliphatic imine (C=N–C) groups is 1. The minimum atomic E-state index is -0.171. The van der Waals surface area contributed by atoms with Crippen LogP contribution in [0.3, 0.4) is 0 Å². The summed E-state index contributed by atoms with van der Waals surface area (Å²) in [5.74, 6) is 0.106. The lowest BCUT2D eigenvalue weighted by Crippen LogP contribution is -2.29. The first kappa shape index (κ1) is 19.6. The number of fused-ring (bicyclic) bond motifs is 1. The van der Waals surface area contributed by atoms with Gasteiger partial charge in [0.05, 0.1) is 22.1 Å². The number of amides is 1. The average Bonchev–Trinajstić information content (AvgIpc) is 3.27. The van der Waals surface area contributed by atoms with Gasteiger partial charge in [-0.05, 0) is 72.4 Å². The van der Waals surface area contributed by atoms with E-state index in [4.69, 9.17) is 0 Å².